The lowest BCUT2D eigenvalue weighted by molar-refractivity contribution is 0.380. The predicted octanol–water partition coefficient (Wildman–Crippen LogP) is 8.09. The summed E-state index contributed by atoms with van der Waals surface area (Å²) in [4.78, 5) is 5.85. The molecule has 0 radical (unpaired) electrons. The van der Waals surface area contributed by atoms with Gasteiger partial charge < -0.3 is 0 Å². The quantitative estimate of drug-likeness (QED) is 0.454. The number of hydrogen-bond acceptors (Lipinski definition) is 2. The molecule has 0 aliphatic heterocycles. The number of rotatable bonds is 7. The van der Waals surface area contributed by atoms with Crippen LogP contribution in [-0.4, -0.2) is 11.2 Å². The summed E-state index contributed by atoms with van der Waals surface area (Å²) in [5.74, 6) is 0. The fourth-order valence-corrected chi connectivity index (χ4v) is 2.45. The minimum atomic E-state index is 0.409. The van der Waals surface area contributed by atoms with E-state index < -0.39 is 0 Å². The van der Waals surface area contributed by atoms with Crippen LogP contribution < -0.4 is 0 Å². The lowest BCUT2D eigenvalue weighted by atomic mass is 9.90. The highest BCUT2D eigenvalue weighted by Crippen LogP contribution is 2.27. The van der Waals surface area contributed by atoms with Gasteiger partial charge in [-0.2, -0.15) is 0 Å². The largest absolute Gasteiger partial charge is 0.261 e. The van der Waals surface area contributed by atoms with Gasteiger partial charge in [-0.05, 0) is 61.3 Å². The topological polar surface area (TPSA) is 12.9 Å². The van der Waals surface area contributed by atoms with Gasteiger partial charge in [0.25, 0.3) is 0 Å². The van der Waals surface area contributed by atoms with E-state index >= 15 is 0 Å². The zero-order chi connectivity index (χ0) is 19.7. The van der Waals surface area contributed by atoms with Crippen molar-refractivity contribution >= 4 is 11.8 Å². The van der Waals surface area contributed by atoms with E-state index in [1.807, 2.05) is 51.7 Å². The highest BCUT2D eigenvalue weighted by atomic mass is 32.2. The first-order chi connectivity index (χ1) is 11.9. The Kier molecular flexibility index (Phi) is 17.2. The van der Waals surface area contributed by atoms with Gasteiger partial charge in [0.15, 0.2) is 0 Å². The minimum Gasteiger partial charge on any atom is -0.261 e. The first-order valence-corrected chi connectivity index (χ1v) is 10.9. The van der Waals surface area contributed by atoms with E-state index in [9.17, 15) is 0 Å². The molecule has 1 heterocycles. The van der Waals surface area contributed by atoms with Gasteiger partial charge in [-0.25, -0.2) is 0 Å². The zero-order valence-electron chi connectivity index (χ0n) is 18.1. The van der Waals surface area contributed by atoms with Crippen molar-refractivity contribution in [3.63, 3.8) is 0 Å². The Morgan fingerprint density at radius 2 is 1.68 bits per heavy atom. The number of allylic oxidation sites excluding steroid dienone is 4. The number of pyridine rings is 1. The molecule has 0 aromatic carbocycles. The maximum Gasteiger partial charge on any atom is 0.0406 e. The molecule has 0 saturated heterocycles. The second kappa shape index (κ2) is 16.4. The number of hydrogen-bond donors (Lipinski definition) is 0. The molecule has 25 heavy (non-hydrogen) atoms. The lowest BCUT2D eigenvalue weighted by Crippen LogP contribution is -2.04. The Labute approximate surface area is 162 Å². The molecule has 144 valence electrons. The van der Waals surface area contributed by atoms with Crippen molar-refractivity contribution in [2.45, 2.75) is 81.1 Å². The third kappa shape index (κ3) is 16.2. The van der Waals surface area contributed by atoms with Crippen molar-refractivity contribution in [2.24, 2.45) is 5.41 Å². The Bertz CT molecular complexity index is 467. The molecule has 0 N–H and O–H groups in total. The van der Waals surface area contributed by atoms with Crippen molar-refractivity contribution in [2.75, 3.05) is 6.26 Å². The third-order valence-corrected chi connectivity index (χ3v) is 4.30. The van der Waals surface area contributed by atoms with E-state index in [2.05, 4.69) is 63.2 Å². The molecule has 0 spiro atoms. The van der Waals surface area contributed by atoms with E-state index in [0.29, 0.717) is 5.41 Å². The predicted molar refractivity (Wildman–Crippen MR) is 119 cm³/mol. The first-order valence-electron chi connectivity index (χ1n) is 9.71. The van der Waals surface area contributed by atoms with Crippen molar-refractivity contribution in [3.05, 3.63) is 52.7 Å². The van der Waals surface area contributed by atoms with Crippen molar-refractivity contribution in [3.8, 4) is 0 Å². The lowest BCUT2D eigenvalue weighted by Gasteiger charge is -2.18. The Balaban J connectivity index is 0. The highest BCUT2D eigenvalue weighted by Gasteiger charge is 2.10. The van der Waals surface area contributed by atoms with E-state index in [0.717, 1.165) is 12.8 Å². The standard InChI is InChI=1S/C19H29NS.2C2H6/c1-16(9-11-17-8-6-7-15-20-17)10-12-18(21-5)13-14-19(2,3)4;2*1-2/h6-8,10,12,15H,9,11,13-14H2,1-5H3;2*1-2H3/b16-10+,18-12-;;. The minimum absolute atomic E-state index is 0.409. The van der Waals surface area contributed by atoms with E-state index in [-0.39, 0.29) is 0 Å². The van der Waals surface area contributed by atoms with Crippen LogP contribution in [0.4, 0.5) is 0 Å². The molecular formula is C23H41NS. The van der Waals surface area contributed by atoms with Gasteiger partial charge in [0.1, 0.15) is 0 Å². The summed E-state index contributed by atoms with van der Waals surface area (Å²) in [6.45, 7) is 17.1. The van der Waals surface area contributed by atoms with Gasteiger partial charge in [-0.1, -0.05) is 72.3 Å². The Morgan fingerprint density at radius 3 is 2.16 bits per heavy atom. The summed E-state index contributed by atoms with van der Waals surface area (Å²) < 4.78 is 0. The molecule has 0 amide bonds. The maximum absolute atomic E-state index is 4.37. The summed E-state index contributed by atoms with van der Waals surface area (Å²) >= 11 is 1.87. The molecule has 0 atom stereocenters. The summed E-state index contributed by atoms with van der Waals surface area (Å²) in [6.07, 6.45) is 13.1. The van der Waals surface area contributed by atoms with Gasteiger partial charge in [-0.15, -0.1) is 11.8 Å². The summed E-state index contributed by atoms with van der Waals surface area (Å²) in [5, 5.41) is 0. The van der Waals surface area contributed by atoms with Crippen LogP contribution in [0, 0.1) is 5.41 Å². The summed E-state index contributed by atoms with van der Waals surface area (Å²) in [7, 11) is 0. The molecule has 0 unspecified atom stereocenters. The summed E-state index contributed by atoms with van der Waals surface area (Å²) in [5.41, 5.74) is 3.00. The molecule has 0 fully saturated rings. The third-order valence-electron chi connectivity index (χ3n) is 3.44. The van der Waals surface area contributed by atoms with Crippen LogP contribution in [-0.2, 0) is 6.42 Å². The smallest absolute Gasteiger partial charge is 0.0406 e. The van der Waals surface area contributed by atoms with Crippen LogP contribution in [0.1, 0.15) is 80.3 Å². The monoisotopic (exact) mass is 363 g/mol. The average molecular weight is 364 g/mol. The van der Waals surface area contributed by atoms with Crippen molar-refractivity contribution < 1.29 is 0 Å². The molecule has 2 heteroatoms. The normalized spacial score (nSPS) is 11.9. The molecule has 1 aromatic heterocycles. The van der Waals surface area contributed by atoms with E-state index in [1.54, 1.807) is 0 Å². The Morgan fingerprint density at radius 1 is 1.04 bits per heavy atom. The van der Waals surface area contributed by atoms with Crippen molar-refractivity contribution in [1.29, 1.82) is 0 Å². The van der Waals surface area contributed by atoms with Gasteiger partial charge in [-0.3, -0.25) is 4.98 Å². The summed E-state index contributed by atoms with van der Waals surface area (Å²) in [6, 6.07) is 6.12. The van der Waals surface area contributed by atoms with Crippen LogP contribution in [0.15, 0.2) is 47.0 Å². The molecule has 1 nitrogen and oxygen atoms in total. The highest BCUT2D eigenvalue weighted by molar-refractivity contribution is 8.02. The molecule has 0 saturated carbocycles. The van der Waals surface area contributed by atoms with Crippen LogP contribution in [0.3, 0.4) is 0 Å². The van der Waals surface area contributed by atoms with Crippen molar-refractivity contribution in [1.82, 2.24) is 4.98 Å². The first kappa shape index (κ1) is 26.2. The van der Waals surface area contributed by atoms with Crippen LogP contribution >= 0.6 is 11.8 Å². The van der Waals surface area contributed by atoms with Gasteiger partial charge in [0, 0.05) is 11.9 Å². The molecule has 0 aliphatic rings. The molecule has 0 bridgehead atoms. The number of nitrogens with zero attached hydrogens (tertiary/aromatic N) is 1. The molecular weight excluding hydrogens is 322 g/mol. The second-order valence-electron chi connectivity index (χ2n) is 6.73. The second-order valence-corrected chi connectivity index (χ2v) is 7.66. The number of aromatic nitrogens is 1. The SMILES string of the molecule is CC.CC.CS/C(=C\C=C(/C)CCc1ccccn1)CCC(C)(C)C. The van der Waals surface area contributed by atoms with Gasteiger partial charge in [0.05, 0.1) is 0 Å². The number of aryl methyl sites for hydroxylation is 1. The van der Waals surface area contributed by atoms with Crippen LogP contribution in [0.25, 0.3) is 0 Å². The average Bonchev–Trinajstić information content (AvgIpc) is 2.63. The number of thioether (sulfide) groups is 1. The fourth-order valence-electron chi connectivity index (χ4n) is 1.94. The van der Waals surface area contributed by atoms with Gasteiger partial charge >= 0.3 is 0 Å². The van der Waals surface area contributed by atoms with Gasteiger partial charge in [0.2, 0.25) is 0 Å². The Hall–Kier alpha value is -1.02. The van der Waals surface area contributed by atoms with E-state index in [4.69, 9.17) is 0 Å². The zero-order valence-corrected chi connectivity index (χ0v) is 19.0. The maximum atomic E-state index is 4.37. The van der Waals surface area contributed by atoms with Crippen LogP contribution in [0.5, 0.6) is 0 Å². The molecule has 1 rings (SSSR count). The fraction of sp³-hybridized carbons (Fsp3) is 0.609. The molecule has 0 aliphatic carbocycles. The van der Waals surface area contributed by atoms with Crippen LogP contribution in [0.2, 0.25) is 0 Å². The van der Waals surface area contributed by atoms with E-state index in [1.165, 1.54) is 29.0 Å². The molecule has 1 aromatic rings.